The number of halogens is 1. The van der Waals surface area contributed by atoms with E-state index < -0.39 is 9.84 Å². The molecule has 0 aliphatic carbocycles. The SMILES string of the molecule is CCCCS(=O)(=O)Cc1ccc(CN)cc1Cl. The minimum absolute atomic E-state index is 0.0106. The minimum Gasteiger partial charge on any atom is -0.326 e. The lowest BCUT2D eigenvalue weighted by Crippen LogP contribution is -2.09. The molecule has 2 N–H and O–H groups in total. The number of rotatable bonds is 6. The van der Waals surface area contributed by atoms with E-state index in [2.05, 4.69) is 0 Å². The van der Waals surface area contributed by atoms with Crippen molar-refractivity contribution in [3.05, 3.63) is 34.3 Å². The number of hydrogen-bond acceptors (Lipinski definition) is 3. The highest BCUT2D eigenvalue weighted by atomic mass is 35.5. The predicted octanol–water partition coefficient (Wildman–Crippen LogP) is 2.51. The molecule has 0 saturated heterocycles. The molecule has 0 spiro atoms. The van der Waals surface area contributed by atoms with Crippen molar-refractivity contribution in [1.82, 2.24) is 0 Å². The third kappa shape index (κ3) is 4.66. The van der Waals surface area contributed by atoms with Gasteiger partial charge in [-0.1, -0.05) is 37.1 Å². The maximum atomic E-state index is 11.8. The molecule has 0 aromatic heterocycles. The van der Waals surface area contributed by atoms with Gasteiger partial charge in [0.25, 0.3) is 0 Å². The molecule has 3 nitrogen and oxygen atoms in total. The summed E-state index contributed by atoms with van der Waals surface area (Å²) in [6.07, 6.45) is 1.57. The van der Waals surface area contributed by atoms with E-state index in [1.165, 1.54) is 0 Å². The van der Waals surface area contributed by atoms with Gasteiger partial charge in [-0.2, -0.15) is 0 Å². The van der Waals surface area contributed by atoms with Crippen molar-refractivity contribution in [2.24, 2.45) is 5.73 Å². The van der Waals surface area contributed by atoms with Gasteiger partial charge in [-0.25, -0.2) is 8.42 Å². The largest absolute Gasteiger partial charge is 0.326 e. The summed E-state index contributed by atoms with van der Waals surface area (Å²) >= 11 is 6.03. The zero-order chi connectivity index (χ0) is 12.9. The van der Waals surface area contributed by atoms with E-state index in [0.717, 1.165) is 12.0 Å². The molecule has 0 bridgehead atoms. The van der Waals surface area contributed by atoms with Gasteiger partial charge in [-0.05, 0) is 23.6 Å². The average molecular weight is 276 g/mol. The van der Waals surface area contributed by atoms with E-state index in [1.807, 2.05) is 13.0 Å². The normalized spacial score (nSPS) is 11.7. The zero-order valence-corrected chi connectivity index (χ0v) is 11.5. The first-order valence-electron chi connectivity index (χ1n) is 5.66. The molecule has 1 rings (SSSR count). The maximum absolute atomic E-state index is 11.8. The van der Waals surface area contributed by atoms with Crippen LogP contribution in [-0.4, -0.2) is 14.2 Å². The first kappa shape index (κ1) is 14.5. The summed E-state index contributed by atoms with van der Waals surface area (Å²) in [4.78, 5) is 0. The molecule has 0 amide bonds. The quantitative estimate of drug-likeness (QED) is 0.868. The lowest BCUT2D eigenvalue weighted by molar-refractivity contribution is 0.592. The van der Waals surface area contributed by atoms with Gasteiger partial charge in [-0.3, -0.25) is 0 Å². The number of benzene rings is 1. The minimum atomic E-state index is -3.05. The summed E-state index contributed by atoms with van der Waals surface area (Å²) in [7, 11) is -3.05. The van der Waals surface area contributed by atoms with Crippen LogP contribution < -0.4 is 5.73 Å². The molecule has 96 valence electrons. The molecular formula is C12H18ClNO2S. The van der Waals surface area contributed by atoms with Crippen molar-refractivity contribution in [3.8, 4) is 0 Å². The van der Waals surface area contributed by atoms with Crippen LogP contribution in [0, 0.1) is 0 Å². The van der Waals surface area contributed by atoms with E-state index in [4.69, 9.17) is 17.3 Å². The highest BCUT2D eigenvalue weighted by molar-refractivity contribution is 7.90. The van der Waals surface area contributed by atoms with Gasteiger partial charge in [0.1, 0.15) is 0 Å². The highest BCUT2D eigenvalue weighted by Gasteiger charge is 2.13. The summed E-state index contributed by atoms with van der Waals surface area (Å²) in [5.74, 6) is 0.231. The van der Waals surface area contributed by atoms with Crippen LogP contribution in [0.4, 0.5) is 0 Å². The zero-order valence-electron chi connectivity index (χ0n) is 9.95. The average Bonchev–Trinajstić information content (AvgIpc) is 2.29. The molecule has 0 atom stereocenters. The molecular weight excluding hydrogens is 258 g/mol. The fraction of sp³-hybridized carbons (Fsp3) is 0.500. The standard InChI is InChI=1S/C12H18ClNO2S/c1-2-3-6-17(15,16)9-11-5-4-10(8-14)7-12(11)13/h4-5,7H,2-3,6,8-9,14H2,1H3. The van der Waals surface area contributed by atoms with Crippen LogP contribution in [0.1, 0.15) is 30.9 Å². The Bertz CT molecular complexity index is 471. The second kappa shape index (κ2) is 6.38. The number of sulfone groups is 1. The van der Waals surface area contributed by atoms with Gasteiger partial charge in [0.05, 0.1) is 11.5 Å². The highest BCUT2D eigenvalue weighted by Crippen LogP contribution is 2.20. The van der Waals surface area contributed by atoms with Crippen LogP contribution in [0.5, 0.6) is 0 Å². The summed E-state index contributed by atoms with van der Waals surface area (Å²) in [5.41, 5.74) is 7.04. The van der Waals surface area contributed by atoms with Crippen LogP contribution in [0.25, 0.3) is 0 Å². The first-order valence-corrected chi connectivity index (χ1v) is 7.86. The first-order chi connectivity index (χ1) is 7.98. The molecule has 0 radical (unpaired) electrons. The van der Waals surface area contributed by atoms with Gasteiger partial charge in [0, 0.05) is 11.6 Å². The van der Waals surface area contributed by atoms with E-state index in [1.54, 1.807) is 12.1 Å². The fourth-order valence-corrected chi connectivity index (χ4v) is 3.46. The number of nitrogens with two attached hydrogens (primary N) is 1. The Kier molecular flexibility index (Phi) is 5.43. The molecule has 0 fully saturated rings. The van der Waals surface area contributed by atoms with Crippen molar-refractivity contribution in [2.75, 3.05) is 5.75 Å². The molecule has 1 aromatic carbocycles. The van der Waals surface area contributed by atoms with Gasteiger partial charge in [-0.15, -0.1) is 0 Å². The van der Waals surface area contributed by atoms with Crippen molar-refractivity contribution < 1.29 is 8.42 Å². The van der Waals surface area contributed by atoms with Crippen LogP contribution >= 0.6 is 11.6 Å². The summed E-state index contributed by atoms with van der Waals surface area (Å²) in [5, 5.41) is 0.480. The lowest BCUT2D eigenvalue weighted by Gasteiger charge is -2.07. The van der Waals surface area contributed by atoms with Crippen LogP contribution in [-0.2, 0) is 22.1 Å². The summed E-state index contributed by atoms with van der Waals surface area (Å²) in [6.45, 7) is 2.38. The van der Waals surface area contributed by atoms with Crippen LogP contribution in [0.3, 0.4) is 0 Å². The van der Waals surface area contributed by atoms with Gasteiger partial charge < -0.3 is 5.73 Å². The number of unbranched alkanes of at least 4 members (excludes halogenated alkanes) is 1. The third-order valence-electron chi connectivity index (χ3n) is 2.54. The molecule has 0 unspecified atom stereocenters. The van der Waals surface area contributed by atoms with E-state index in [-0.39, 0.29) is 11.5 Å². The predicted molar refractivity (Wildman–Crippen MR) is 71.7 cm³/mol. The molecule has 0 heterocycles. The molecule has 0 aliphatic heterocycles. The fourth-order valence-electron chi connectivity index (χ4n) is 1.51. The Morgan fingerprint density at radius 2 is 2.06 bits per heavy atom. The van der Waals surface area contributed by atoms with E-state index in [9.17, 15) is 8.42 Å². The molecule has 17 heavy (non-hydrogen) atoms. The Balaban J connectivity index is 2.81. The third-order valence-corrected chi connectivity index (χ3v) is 4.55. The monoisotopic (exact) mass is 275 g/mol. The topological polar surface area (TPSA) is 60.2 Å². The maximum Gasteiger partial charge on any atom is 0.154 e. The number of hydrogen-bond donors (Lipinski definition) is 1. The summed E-state index contributed by atoms with van der Waals surface area (Å²) in [6, 6.07) is 5.29. The second-order valence-electron chi connectivity index (χ2n) is 4.08. The van der Waals surface area contributed by atoms with Crippen LogP contribution in [0.15, 0.2) is 18.2 Å². The smallest absolute Gasteiger partial charge is 0.154 e. The van der Waals surface area contributed by atoms with Crippen molar-refractivity contribution in [3.63, 3.8) is 0 Å². The van der Waals surface area contributed by atoms with Crippen molar-refractivity contribution in [1.29, 1.82) is 0 Å². The molecule has 1 aromatic rings. The van der Waals surface area contributed by atoms with Gasteiger partial charge in [0.2, 0.25) is 0 Å². The van der Waals surface area contributed by atoms with Crippen LogP contribution in [0.2, 0.25) is 5.02 Å². The Morgan fingerprint density at radius 1 is 1.35 bits per heavy atom. The van der Waals surface area contributed by atoms with E-state index in [0.29, 0.717) is 23.6 Å². The van der Waals surface area contributed by atoms with Gasteiger partial charge in [0.15, 0.2) is 9.84 Å². The van der Waals surface area contributed by atoms with Crippen molar-refractivity contribution in [2.45, 2.75) is 32.1 Å². The molecule has 0 aliphatic rings. The Labute approximate surface area is 108 Å². The van der Waals surface area contributed by atoms with Gasteiger partial charge >= 0.3 is 0 Å². The lowest BCUT2D eigenvalue weighted by atomic mass is 10.1. The Hall–Kier alpha value is -0.580. The summed E-state index contributed by atoms with van der Waals surface area (Å²) < 4.78 is 23.6. The second-order valence-corrected chi connectivity index (χ2v) is 6.67. The molecule has 5 heteroatoms. The van der Waals surface area contributed by atoms with Crippen molar-refractivity contribution >= 4 is 21.4 Å². The van der Waals surface area contributed by atoms with E-state index >= 15 is 0 Å². The Morgan fingerprint density at radius 3 is 2.59 bits per heavy atom. The molecule has 0 saturated carbocycles.